The van der Waals surface area contributed by atoms with E-state index < -0.39 is 12.0 Å². The highest BCUT2D eigenvalue weighted by Gasteiger charge is 2.34. The highest BCUT2D eigenvalue weighted by Crippen LogP contribution is 2.27. The number of nitrogens with one attached hydrogen (secondary N) is 1. The van der Waals surface area contributed by atoms with E-state index in [-0.39, 0.29) is 12.6 Å². The van der Waals surface area contributed by atoms with Gasteiger partial charge in [-0.15, -0.1) is 0 Å². The van der Waals surface area contributed by atoms with Crippen molar-refractivity contribution in [2.45, 2.75) is 18.9 Å². The van der Waals surface area contributed by atoms with E-state index in [1.165, 1.54) is 4.90 Å². The number of nitrogens with zero attached hydrogens (tertiary/aromatic N) is 1. The Morgan fingerprint density at radius 1 is 1.39 bits per heavy atom. The Morgan fingerprint density at radius 2 is 2.06 bits per heavy atom. The monoisotopic (exact) mass is 249 g/mol. The number of nitrogen functional groups attached to an aromatic ring is 1. The van der Waals surface area contributed by atoms with E-state index in [0.717, 1.165) is 12.8 Å². The van der Waals surface area contributed by atoms with Gasteiger partial charge in [0, 0.05) is 6.04 Å². The van der Waals surface area contributed by atoms with Gasteiger partial charge in [0.15, 0.2) is 0 Å². The zero-order valence-corrected chi connectivity index (χ0v) is 9.80. The number of carbonyl (C=O) groups excluding carboxylic acids is 1. The molecule has 6 heteroatoms. The fraction of sp³-hybridized carbons (Fsp3) is 0.333. The molecule has 0 bridgehead atoms. The number of hydrogen-bond donors (Lipinski definition) is 3. The van der Waals surface area contributed by atoms with Crippen LogP contribution in [0.2, 0.25) is 0 Å². The molecule has 4 N–H and O–H groups in total. The molecule has 1 aromatic carbocycles. The van der Waals surface area contributed by atoms with Crippen LogP contribution in [-0.2, 0) is 4.79 Å². The topological polar surface area (TPSA) is 95.7 Å². The molecule has 0 spiro atoms. The second-order valence-electron chi connectivity index (χ2n) is 4.27. The highest BCUT2D eigenvalue weighted by atomic mass is 16.4. The molecule has 2 rings (SSSR count). The SMILES string of the molecule is Nc1ccccc1NC(=O)N(CC(=O)O)C1CC1. The second-order valence-corrected chi connectivity index (χ2v) is 4.27. The molecule has 0 heterocycles. The fourth-order valence-electron chi connectivity index (χ4n) is 1.70. The average Bonchev–Trinajstić information content (AvgIpc) is 3.12. The van der Waals surface area contributed by atoms with Crippen molar-refractivity contribution in [1.29, 1.82) is 0 Å². The molecule has 0 atom stereocenters. The number of anilines is 2. The Morgan fingerprint density at radius 3 is 2.61 bits per heavy atom. The molecular weight excluding hydrogens is 234 g/mol. The number of urea groups is 1. The fourth-order valence-corrected chi connectivity index (χ4v) is 1.70. The van der Waals surface area contributed by atoms with Gasteiger partial charge in [0.05, 0.1) is 11.4 Å². The van der Waals surface area contributed by atoms with Crippen LogP contribution in [0.5, 0.6) is 0 Å². The predicted octanol–water partition coefficient (Wildman–Crippen LogP) is 1.35. The van der Waals surface area contributed by atoms with Gasteiger partial charge in [0.1, 0.15) is 6.54 Å². The van der Waals surface area contributed by atoms with Gasteiger partial charge in [-0.05, 0) is 25.0 Å². The number of amides is 2. The quantitative estimate of drug-likeness (QED) is 0.702. The number of hydrogen-bond acceptors (Lipinski definition) is 3. The van der Waals surface area contributed by atoms with Gasteiger partial charge in [0.25, 0.3) is 0 Å². The number of nitrogens with two attached hydrogens (primary N) is 1. The van der Waals surface area contributed by atoms with Crippen LogP contribution in [0.3, 0.4) is 0 Å². The van der Waals surface area contributed by atoms with E-state index >= 15 is 0 Å². The molecule has 0 aromatic heterocycles. The second kappa shape index (κ2) is 4.95. The molecule has 2 amide bonds. The molecule has 1 aliphatic carbocycles. The summed E-state index contributed by atoms with van der Waals surface area (Å²) in [5.74, 6) is -1.02. The van der Waals surface area contributed by atoms with Crippen LogP contribution in [0.1, 0.15) is 12.8 Å². The molecule has 18 heavy (non-hydrogen) atoms. The molecule has 1 aliphatic rings. The van der Waals surface area contributed by atoms with Crippen LogP contribution < -0.4 is 11.1 Å². The van der Waals surface area contributed by atoms with Crippen LogP contribution >= 0.6 is 0 Å². The minimum absolute atomic E-state index is 0.0334. The van der Waals surface area contributed by atoms with Gasteiger partial charge < -0.3 is 21.1 Å². The minimum Gasteiger partial charge on any atom is -0.480 e. The van der Waals surface area contributed by atoms with Crippen molar-refractivity contribution in [2.24, 2.45) is 0 Å². The van der Waals surface area contributed by atoms with Crippen LogP contribution in [0, 0.1) is 0 Å². The normalized spacial score (nSPS) is 14.0. The minimum atomic E-state index is -1.02. The number of carboxylic acids is 1. The zero-order chi connectivity index (χ0) is 13.1. The lowest BCUT2D eigenvalue weighted by molar-refractivity contribution is -0.137. The largest absolute Gasteiger partial charge is 0.480 e. The lowest BCUT2D eigenvalue weighted by Crippen LogP contribution is -2.40. The third kappa shape index (κ3) is 2.91. The number of benzene rings is 1. The summed E-state index contributed by atoms with van der Waals surface area (Å²) in [6.07, 6.45) is 1.70. The molecule has 0 saturated heterocycles. The molecule has 0 radical (unpaired) electrons. The first-order valence-electron chi connectivity index (χ1n) is 5.72. The molecule has 96 valence electrons. The predicted molar refractivity (Wildman–Crippen MR) is 67.2 cm³/mol. The summed E-state index contributed by atoms with van der Waals surface area (Å²) in [5.41, 5.74) is 6.67. The van der Waals surface area contributed by atoms with Gasteiger partial charge in [-0.1, -0.05) is 12.1 Å². The molecule has 0 aliphatic heterocycles. The van der Waals surface area contributed by atoms with Gasteiger partial charge in [0.2, 0.25) is 0 Å². The first-order chi connectivity index (χ1) is 8.58. The van der Waals surface area contributed by atoms with Crippen molar-refractivity contribution >= 4 is 23.4 Å². The van der Waals surface area contributed by atoms with Gasteiger partial charge in [-0.25, -0.2) is 4.79 Å². The standard InChI is InChI=1S/C12H15N3O3/c13-9-3-1-2-4-10(9)14-12(18)15(7-11(16)17)8-5-6-8/h1-4,8H,5-7,13H2,(H,14,18)(H,16,17). The first kappa shape index (κ1) is 12.2. The van der Waals surface area contributed by atoms with Crippen molar-refractivity contribution < 1.29 is 14.7 Å². The molecule has 0 unspecified atom stereocenters. The Kier molecular flexibility index (Phi) is 3.36. The smallest absolute Gasteiger partial charge is 0.323 e. The van der Waals surface area contributed by atoms with Crippen molar-refractivity contribution in [3.63, 3.8) is 0 Å². The summed E-state index contributed by atoms with van der Waals surface area (Å²) in [7, 11) is 0. The Balaban J connectivity index is 2.05. The Hall–Kier alpha value is -2.24. The number of aliphatic carboxylic acids is 1. The van der Waals surface area contributed by atoms with Crippen LogP contribution in [0.15, 0.2) is 24.3 Å². The highest BCUT2D eigenvalue weighted by molar-refractivity contribution is 5.94. The summed E-state index contributed by atoms with van der Waals surface area (Å²) < 4.78 is 0. The zero-order valence-electron chi connectivity index (χ0n) is 9.80. The summed E-state index contributed by atoms with van der Waals surface area (Å²) in [4.78, 5) is 24.0. The molecule has 1 aromatic rings. The summed E-state index contributed by atoms with van der Waals surface area (Å²) >= 11 is 0. The maximum absolute atomic E-state index is 12.0. The van der Waals surface area contributed by atoms with Crippen molar-refractivity contribution in [3.05, 3.63) is 24.3 Å². The Labute approximate surface area is 104 Å². The summed E-state index contributed by atoms with van der Waals surface area (Å²) in [6.45, 7) is -0.288. The van der Waals surface area contributed by atoms with Crippen LogP contribution in [-0.4, -0.2) is 34.6 Å². The van der Waals surface area contributed by atoms with Crippen molar-refractivity contribution in [1.82, 2.24) is 4.90 Å². The third-order valence-corrected chi connectivity index (χ3v) is 2.76. The van der Waals surface area contributed by atoms with E-state index in [1.54, 1.807) is 24.3 Å². The number of carbonyl (C=O) groups is 2. The lowest BCUT2D eigenvalue weighted by Gasteiger charge is -2.21. The van der Waals surface area contributed by atoms with E-state index in [9.17, 15) is 9.59 Å². The number of carboxylic acid groups (broad SMARTS) is 1. The maximum Gasteiger partial charge on any atom is 0.323 e. The first-order valence-corrected chi connectivity index (χ1v) is 5.72. The molecule has 1 saturated carbocycles. The lowest BCUT2D eigenvalue weighted by atomic mass is 10.3. The third-order valence-electron chi connectivity index (χ3n) is 2.76. The van der Waals surface area contributed by atoms with E-state index in [2.05, 4.69) is 5.32 Å². The summed E-state index contributed by atoms with van der Waals surface area (Å²) in [6, 6.07) is 6.49. The summed E-state index contributed by atoms with van der Waals surface area (Å²) in [5, 5.41) is 11.4. The molecule has 6 nitrogen and oxygen atoms in total. The van der Waals surface area contributed by atoms with Gasteiger partial charge >= 0.3 is 12.0 Å². The Bertz CT molecular complexity index is 471. The van der Waals surface area contributed by atoms with Crippen LogP contribution in [0.25, 0.3) is 0 Å². The van der Waals surface area contributed by atoms with Gasteiger partial charge in [-0.3, -0.25) is 4.79 Å². The van der Waals surface area contributed by atoms with Crippen molar-refractivity contribution in [2.75, 3.05) is 17.6 Å². The van der Waals surface area contributed by atoms with E-state index in [4.69, 9.17) is 10.8 Å². The number of rotatable bonds is 4. The van der Waals surface area contributed by atoms with Crippen molar-refractivity contribution in [3.8, 4) is 0 Å². The van der Waals surface area contributed by atoms with E-state index in [1.807, 2.05) is 0 Å². The molecular formula is C12H15N3O3. The average molecular weight is 249 g/mol. The number of para-hydroxylation sites is 2. The van der Waals surface area contributed by atoms with Crippen LogP contribution in [0.4, 0.5) is 16.2 Å². The molecule has 1 fully saturated rings. The van der Waals surface area contributed by atoms with E-state index in [0.29, 0.717) is 11.4 Å². The maximum atomic E-state index is 12.0. The van der Waals surface area contributed by atoms with Gasteiger partial charge in [-0.2, -0.15) is 0 Å².